The monoisotopic (exact) mass is 351 g/mol. The van der Waals surface area contributed by atoms with Crippen LogP contribution < -0.4 is 14.8 Å². The van der Waals surface area contributed by atoms with E-state index >= 15 is 0 Å². The van der Waals surface area contributed by atoms with Crippen molar-refractivity contribution in [2.75, 3.05) is 13.2 Å². The first-order valence-electron chi connectivity index (χ1n) is 7.67. The highest BCUT2D eigenvalue weighted by molar-refractivity contribution is 6.30. The van der Waals surface area contributed by atoms with Crippen molar-refractivity contribution < 1.29 is 18.7 Å². The molecule has 2 aromatic carbocycles. The first-order chi connectivity index (χ1) is 11.6. The van der Waals surface area contributed by atoms with Crippen LogP contribution in [0.5, 0.6) is 11.5 Å². The van der Waals surface area contributed by atoms with Crippen LogP contribution in [0.3, 0.4) is 0 Å². The Morgan fingerprint density at radius 3 is 2.38 bits per heavy atom. The van der Waals surface area contributed by atoms with Crippen LogP contribution in [0.1, 0.15) is 13.3 Å². The van der Waals surface area contributed by atoms with Crippen molar-refractivity contribution in [3.63, 3.8) is 0 Å². The Labute approximate surface area is 145 Å². The van der Waals surface area contributed by atoms with Crippen molar-refractivity contribution in [2.45, 2.75) is 19.4 Å². The van der Waals surface area contributed by atoms with Gasteiger partial charge in [0.25, 0.3) is 5.91 Å². The van der Waals surface area contributed by atoms with E-state index in [1.165, 1.54) is 24.3 Å². The van der Waals surface area contributed by atoms with Crippen molar-refractivity contribution in [3.05, 3.63) is 59.4 Å². The summed E-state index contributed by atoms with van der Waals surface area (Å²) in [6, 6.07) is 12.6. The third kappa shape index (κ3) is 5.74. The lowest BCUT2D eigenvalue weighted by Gasteiger charge is -2.17. The van der Waals surface area contributed by atoms with Crippen LogP contribution in [0.4, 0.5) is 4.39 Å². The van der Waals surface area contributed by atoms with Crippen molar-refractivity contribution in [2.24, 2.45) is 0 Å². The Morgan fingerprint density at radius 1 is 1.12 bits per heavy atom. The molecular weight excluding hydrogens is 333 g/mol. The molecule has 0 spiro atoms. The standard InChI is InChI=1S/C18H19ClFNO3/c1-2-17(24-16-9-5-14(20)6-10-16)18(22)21-11-12-23-15-7-3-13(19)4-8-15/h3-10,17H,2,11-12H2,1H3,(H,21,22). The fourth-order valence-corrected chi connectivity index (χ4v) is 2.11. The smallest absolute Gasteiger partial charge is 0.261 e. The van der Waals surface area contributed by atoms with Gasteiger partial charge in [-0.1, -0.05) is 18.5 Å². The number of halogens is 2. The highest BCUT2D eigenvalue weighted by Crippen LogP contribution is 2.16. The Balaban J connectivity index is 1.75. The van der Waals surface area contributed by atoms with Crippen LogP contribution in [0.15, 0.2) is 48.5 Å². The second-order valence-corrected chi connectivity index (χ2v) is 5.50. The molecule has 2 aromatic rings. The second-order valence-electron chi connectivity index (χ2n) is 5.06. The molecule has 1 N–H and O–H groups in total. The quantitative estimate of drug-likeness (QED) is 0.735. The van der Waals surface area contributed by atoms with E-state index < -0.39 is 6.10 Å². The average molecular weight is 352 g/mol. The maximum absolute atomic E-state index is 12.9. The van der Waals surface area contributed by atoms with Crippen LogP contribution in [0, 0.1) is 5.82 Å². The zero-order chi connectivity index (χ0) is 17.4. The van der Waals surface area contributed by atoms with Gasteiger partial charge in [0.2, 0.25) is 0 Å². The highest BCUT2D eigenvalue weighted by Gasteiger charge is 2.17. The second kappa shape index (κ2) is 9.13. The normalized spacial score (nSPS) is 11.6. The van der Waals surface area contributed by atoms with Crippen molar-refractivity contribution in [1.29, 1.82) is 0 Å². The van der Waals surface area contributed by atoms with E-state index in [9.17, 15) is 9.18 Å². The molecule has 24 heavy (non-hydrogen) atoms. The molecule has 0 radical (unpaired) electrons. The summed E-state index contributed by atoms with van der Waals surface area (Å²) < 4.78 is 24.0. The van der Waals surface area contributed by atoms with Gasteiger partial charge in [-0.2, -0.15) is 0 Å². The van der Waals surface area contributed by atoms with Crippen molar-refractivity contribution in [3.8, 4) is 11.5 Å². The van der Waals surface area contributed by atoms with Gasteiger partial charge in [-0.3, -0.25) is 4.79 Å². The highest BCUT2D eigenvalue weighted by atomic mass is 35.5. The maximum Gasteiger partial charge on any atom is 0.261 e. The molecule has 0 aliphatic carbocycles. The van der Waals surface area contributed by atoms with Gasteiger partial charge in [-0.05, 0) is 55.0 Å². The molecule has 0 saturated heterocycles. The molecule has 1 amide bonds. The van der Waals surface area contributed by atoms with E-state index in [1.807, 2.05) is 6.92 Å². The zero-order valence-electron chi connectivity index (χ0n) is 13.3. The third-order valence-electron chi connectivity index (χ3n) is 3.24. The van der Waals surface area contributed by atoms with E-state index in [0.29, 0.717) is 36.1 Å². The third-order valence-corrected chi connectivity index (χ3v) is 3.49. The fraction of sp³-hybridized carbons (Fsp3) is 0.278. The zero-order valence-corrected chi connectivity index (χ0v) is 14.1. The topological polar surface area (TPSA) is 47.6 Å². The van der Waals surface area contributed by atoms with E-state index in [2.05, 4.69) is 5.32 Å². The lowest BCUT2D eigenvalue weighted by Crippen LogP contribution is -2.39. The van der Waals surface area contributed by atoms with Crippen molar-refractivity contribution >= 4 is 17.5 Å². The molecule has 6 heteroatoms. The van der Waals surface area contributed by atoms with Gasteiger partial charge in [0.1, 0.15) is 23.9 Å². The minimum atomic E-state index is -0.633. The Bertz CT molecular complexity index is 646. The Kier molecular flexibility index (Phi) is 6.88. The summed E-state index contributed by atoms with van der Waals surface area (Å²) in [6.07, 6.45) is -0.132. The molecule has 128 valence electrons. The number of ether oxygens (including phenoxy) is 2. The first-order valence-corrected chi connectivity index (χ1v) is 8.04. The lowest BCUT2D eigenvalue weighted by molar-refractivity contribution is -0.128. The predicted octanol–water partition coefficient (Wildman–Crippen LogP) is 3.83. The lowest BCUT2D eigenvalue weighted by atomic mass is 10.2. The molecule has 1 atom stereocenters. The van der Waals surface area contributed by atoms with Crippen LogP contribution in [-0.2, 0) is 4.79 Å². The summed E-state index contributed by atoms with van der Waals surface area (Å²) >= 11 is 5.79. The summed E-state index contributed by atoms with van der Waals surface area (Å²) in [4.78, 5) is 12.1. The molecule has 0 saturated carbocycles. The van der Waals surface area contributed by atoms with Gasteiger partial charge >= 0.3 is 0 Å². The average Bonchev–Trinajstić information content (AvgIpc) is 2.59. The van der Waals surface area contributed by atoms with Gasteiger partial charge in [-0.25, -0.2) is 4.39 Å². The van der Waals surface area contributed by atoms with E-state index in [0.717, 1.165) is 0 Å². The molecule has 4 nitrogen and oxygen atoms in total. The van der Waals surface area contributed by atoms with Crippen molar-refractivity contribution in [1.82, 2.24) is 5.32 Å². The number of amides is 1. The summed E-state index contributed by atoms with van der Waals surface area (Å²) in [7, 11) is 0. The summed E-state index contributed by atoms with van der Waals surface area (Å²) in [5, 5.41) is 3.40. The molecule has 0 aromatic heterocycles. The Hall–Kier alpha value is -2.27. The summed E-state index contributed by atoms with van der Waals surface area (Å²) in [5.74, 6) is 0.555. The molecule has 0 fully saturated rings. The number of carbonyl (C=O) groups excluding carboxylic acids is 1. The van der Waals surface area contributed by atoms with E-state index in [1.54, 1.807) is 24.3 Å². The molecule has 0 aliphatic heterocycles. The van der Waals surface area contributed by atoms with E-state index in [-0.39, 0.29) is 11.7 Å². The van der Waals surface area contributed by atoms with Crippen LogP contribution in [-0.4, -0.2) is 25.2 Å². The maximum atomic E-state index is 12.9. The van der Waals surface area contributed by atoms with Crippen LogP contribution in [0.25, 0.3) is 0 Å². The predicted molar refractivity (Wildman–Crippen MR) is 91.1 cm³/mol. The Morgan fingerprint density at radius 2 is 1.75 bits per heavy atom. The summed E-state index contributed by atoms with van der Waals surface area (Å²) in [5.41, 5.74) is 0. The van der Waals surface area contributed by atoms with Gasteiger partial charge in [0.05, 0.1) is 6.54 Å². The number of hydrogen-bond donors (Lipinski definition) is 1. The van der Waals surface area contributed by atoms with Crippen LogP contribution >= 0.6 is 11.6 Å². The molecule has 0 heterocycles. The van der Waals surface area contributed by atoms with Gasteiger partial charge in [0, 0.05) is 5.02 Å². The van der Waals surface area contributed by atoms with Gasteiger partial charge in [0.15, 0.2) is 6.10 Å². The number of hydrogen-bond acceptors (Lipinski definition) is 3. The minimum absolute atomic E-state index is 0.235. The molecule has 0 aliphatic rings. The molecule has 1 unspecified atom stereocenters. The SMILES string of the molecule is CCC(Oc1ccc(F)cc1)C(=O)NCCOc1ccc(Cl)cc1. The van der Waals surface area contributed by atoms with E-state index in [4.69, 9.17) is 21.1 Å². The number of benzene rings is 2. The fourth-order valence-electron chi connectivity index (χ4n) is 1.99. The summed E-state index contributed by atoms with van der Waals surface area (Å²) in [6.45, 7) is 2.53. The number of carbonyl (C=O) groups is 1. The first kappa shape index (κ1) is 18.1. The minimum Gasteiger partial charge on any atom is -0.492 e. The number of rotatable bonds is 8. The van der Waals surface area contributed by atoms with Gasteiger partial charge in [-0.15, -0.1) is 0 Å². The molecule has 0 bridgehead atoms. The van der Waals surface area contributed by atoms with Crippen LogP contribution in [0.2, 0.25) is 5.02 Å². The van der Waals surface area contributed by atoms with Gasteiger partial charge < -0.3 is 14.8 Å². The molecule has 2 rings (SSSR count). The number of nitrogens with one attached hydrogen (secondary N) is 1. The largest absolute Gasteiger partial charge is 0.492 e. The molecular formula is C18H19ClFNO3.